The molecule has 12 atom stereocenters. The number of hydrogen-bond donors (Lipinski definition) is 13. The Morgan fingerprint density at radius 2 is 1.75 bits per heavy atom. The van der Waals surface area contributed by atoms with Crippen molar-refractivity contribution in [1.29, 1.82) is 0 Å². The first-order chi connectivity index (χ1) is 32.7. The van der Waals surface area contributed by atoms with Gasteiger partial charge in [-0.25, -0.2) is 9.78 Å². The molecule has 1 amide bonds. The minimum absolute atomic E-state index is 0.0215. The number of amides is 1. The largest absolute Gasteiger partial charge is 0.508 e. The number of aromatic hydroxyl groups is 2. The maximum Gasteiger partial charge on any atom is 0.355 e. The first-order valence-electron chi connectivity index (χ1n) is 22.7. The molecule has 0 unspecified atom stereocenters. The van der Waals surface area contributed by atoms with Gasteiger partial charge in [0.1, 0.15) is 35.9 Å². The van der Waals surface area contributed by atoms with Gasteiger partial charge in [-0.05, 0) is 84.7 Å². The monoisotopic (exact) mass is 936 g/mol. The molecule has 1 saturated heterocycles. The summed E-state index contributed by atoms with van der Waals surface area (Å²) in [4.78, 5) is 40.4. The highest BCUT2D eigenvalue weighted by atomic mass is 16.8. The second-order valence-corrected chi connectivity index (χ2v) is 18.4. The van der Waals surface area contributed by atoms with E-state index in [1.54, 1.807) is 24.7 Å². The van der Waals surface area contributed by atoms with E-state index in [9.17, 15) is 55.5 Å². The number of carboxylic acids is 1. The molecule has 1 saturated carbocycles. The van der Waals surface area contributed by atoms with Crippen LogP contribution in [0.3, 0.4) is 0 Å². The normalized spacial score (nSPS) is 31.1. The highest BCUT2D eigenvalue weighted by molar-refractivity contribution is 6.10. The van der Waals surface area contributed by atoms with E-state index in [4.69, 9.17) is 15.2 Å². The van der Waals surface area contributed by atoms with Crippen molar-refractivity contribution >= 4 is 29.5 Å². The lowest BCUT2D eigenvalue weighted by molar-refractivity contribution is -0.422. The Morgan fingerprint density at radius 3 is 2.44 bits per heavy atom. The van der Waals surface area contributed by atoms with Gasteiger partial charge < -0.3 is 76.5 Å². The summed E-state index contributed by atoms with van der Waals surface area (Å²) in [6.45, 7) is -0.549. The van der Waals surface area contributed by atoms with E-state index in [-0.39, 0.29) is 47.9 Å². The number of imidazole rings is 1. The fourth-order valence-electron chi connectivity index (χ4n) is 11.1. The topological polar surface area (TPSA) is 320 Å². The van der Waals surface area contributed by atoms with Gasteiger partial charge in [-0.3, -0.25) is 9.69 Å². The number of hydrogen-bond acceptors (Lipinski definition) is 15. The predicted molar refractivity (Wildman–Crippen MR) is 245 cm³/mol. The number of aliphatic hydroxyl groups excluding tert-OH is 5. The Bertz CT molecular complexity index is 2640. The molecule has 19 heteroatoms. The van der Waals surface area contributed by atoms with Crippen molar-refractivity contribution in [2.45, 2.75) is 97.7 Å². The number of benzene rings is 3. The van der Waals surface area contributed by atoms with Gasteiger partial charge >= 0.3 is 11.9 Å². The Labute approximate surface area is 390 Å². The van der Waals surface area contributed by atoms with E-state index in [1.807, 2.05) is 42.5 Å². The van der Waals surface area contributed by atoms with Gasteiger partial charge in [0.15, 0.2) is 17.6 Å². The molecule has 2 aliphatic heterocycles. The number of carboxylic acid groups (broad SMARTS) is 1. The fraction of sp³-hybridized carbons (Fsp3) is 0.408. The summed E-state index contributed by atoms with van der Waals surface area (Å²) in [7, 11) is 0. The van der Waals surface area contributed by atoms with Gasteiger partial charge in [-0.15, -0.1) is 0 Å². The molecule has 2 fully saturated rings. The minimum Gasteiger partial charge on any atom is -0.508 e. The summed E-state index contributed by atoms with van der Waals surface area (Å²) in [5.74, 6) is -7.51. The van der Waals surface area contributed by atoms with Crippen molar-refractivity contribution in [2.24, 2.45) is 11.7 Å². The van der Waals surface area contributed by atoms with Crippen molar-refractivity contribution in [3.63, 3.8) is 0 Å². The molecule has 2 aliphatic carbocycles. The van der Waals surface area contributed by atoms with E-state index < -0.39 is 83.7 Å². The molecule has 0 spiro atoms. The van der Waals surface area contributed by atoms with Crippen LogP contribution in [0.2, 0.25) is 0 Å². The summed E-state index contributed by atoms with van der Waals surface area (Å²) in [5, 5.41) is 101. The molecule has 4 aliphatic rings. The van der Waals surface area contributed by atoms with Crippen molar-refractivity contribution in [1.82, 2.24) is 15.0 Å². The molecule has 14 N–H and O–H groups in total. The van der Waals surface area contributed by atoms with Crippen molar-refractivity contribution in [3.8, 4) is 17.2 Å². The van der Waals surface area contributed by atoms with E-state index in [0.717, 1.165) is 40.2 Å². The third-order valence-electron chi connectivity index (χ3n) is 14.6. The van der Waals surface area contributed by atoms with Gasteiger partial charge in [0, 0.05) is 72.0 Å². The average molecular weight is 937 g/mol. The first kappa shape index (κ1) is 46.8. The molecule has 5 aromatic rings. The minimum atomic E-state index is -3.14. The molecular formula is C49H56N6O13. The number of phenolic OH excluding ortho intramolecular Hbond substituents is 2. The molecule has 0 radical (unpaired) electrons. The van der Waals surface area contributed by atoms with E-state index in [1.165, 1.54) is 24.3 Å². The summed E-state index contributed by atoms with van der Waals surface area (Å²) < 4.78 is 10.9. The number of rotatable bonds is 14. The maximum absolute atomic E-state index is 14.7. The highest BCUT2D eigenvalue weighted by Gasteiger charge is 2.57. The first-order valence-corrected chi connectivity index (χ1v) is 22.7. The lowest BCUT2D eigenvalue weighted by atomic mass is 9.68. The lowest BCUT2D eigenvalue weighted by Gasteiger charge is -2.44. The summed E-state index contributed by atoms with van der Waals surface area (Å²) in [6, 6.07) is 18.5. The van der Waals surface area contributed by atoms with Crippen LogP contribution in [0.15, 0.2) is 91.4 Å². The number of nitrogens with zero attached hydrogens (tertiary/aromatic N) is 2. The van der Waals surface area contributed by atoms with Crippen LogP contribution in [0.4, 0.5) is 11.5 Å². The van der Waals surface area contributed by atoms with Crippen molar-refractivity contribution in [2.75, 3.05) is 30.0 Å². The molecule has 68 heavy (non-hydrogen) atoms. The Balaban J connectivity index is 1.07. The quantitative estimate of drug-likeness (QED) is 0.0562. The number of carbonyl (C=O) groups is 2. The van der Waals surface area contributed by atoms with Crippen LogP contribution in [0.5, 0.6) is 17.2 Å². The number of carbonyl (C=O) groups excluding carboxylic acids is 1. The Morgan fingerprint density at radius 1 is 0.956 bits per heavy atom. The summed E-state index contributed by atoms with van der Waals surface area (Å²) in [5.41, 5.74) is 9.78. The van der Waals surface area contributed by atoms with Crippen LogP contribution in [0.25, 0.3) is 6.08 Å². The number of fused-ring (bicyclic) bond motifs is 2. The Hall–Kier alpha value is -6.29. The summed E-state index contributed by atoms with van der Waals surface area (Å²) in [6.07, 6.45) is 0.855. The standard InChI is InChI=1S/C49H56N6O13/c50-38-8-4-14-48(38,27-6-2-1-3-7-27)20-31-28-18-35(59)36(67-49(66)46(63)45(62)44(61)37(23-57)68-49)19-33(28)55(43(31)47(64)65)40(60)13-11-25-10-12-34(58)29(16-25)30-17-26(22-56)32(42-41(30)53-24-54-42)21-52-39-9-5-15-51-39/h1-3,5-7,9-13,15-16,18-19,24,26,30-32,37-38,43-46,51-52,56-59,61-63,66H,4,8,14,17,20-23,50H2,(H,53,54)(H,64,65)/b13-11+/t26-,30-,31-,32+,37-,38-,43-,44-,45+,46-,48+,49+/m1/s1. The molecule has 4 heterocycles. The number of aromatic amines is 2. The lowest BCUT2D eigenvalue weighted by Crippen LogP contribution is -2.67. The number of aliphatic carboxylic acids is 1. The molecular weight excluding hydrogens is 881 g/mol. The zero-order valence-electron chi connectivity index (χ0n) is 36.8. The van der Waals surface area contributed by atoms with Crippen LogP contribution in [0, 0.1) is 5.92 Å². The van der Waals surface area contributed by atoms with E-state index >= 15 is 0 Å². The van der Waals surface area contributed by atoms with Gasteiger partial charge in [0.25, 0.3) is 5.91 Å². The molecule has 2 aromatic heterocycles. The van der Waals surface area contributed by atoms with Crippen LogP contribution >= 0.6 is 0 Å². The number of aromatic nitrogens is 3. The predicted octanol–water partition coefficient (Wildman–Crippen LogP) is 2.42. The zero-order valence-corrected chi connectivity index (χ0v) is 36.8. The van der Waals surface area contributed by atoms with Crippen LogP contribution in [-0.2, 0) is 19.7 Å². The van der Waals surface area contributed by atoms with E-state index in [0.29, 0.717) is 36.9 Å². The van der Waals surface area contributed by atoms with Crippen molar-refractivity contribution in [3.05, 3.63) is 125 Å². The highest BCUT2D eigenvalue weighted by Crippen LogP contribution is 2.55. The summed E-state index contributed by atoms with van der Waals surface area (Å²) >= 11 is 0. The smallest absolute Gasteiger partial charge is 0.355 e. The average Bonchev–Trinajstić information content (AvgIpc) is 4.17. The molecule has 3 aromatic carbocycles. The third-order valence-corrected chi connectivity index (χ3v) is 14.6. The van der Waals surface area contributed by atoms with Gasteiger partial charge in [-0.1, -0.05) is 42.8 Å². The van der Waals surface area contributed by atoms with Crippen LogP contribution in [0.1, 0.15) is 83.5 Å². The van der Waals surface area contributed by atoms with Gasteiger partial charge in [0.05, 0.1) is 24.3 Å². The molecule has 360 valence electrons. The van der Waals surface area contributed by atoms with Crippen LogP contribution in [-0.4, -0.2) is 135 Å². The Kier molecular flexibility index (Phi) is 12.8. The second-order valence-electron chi connectivity index (χ2n) is 18.4. The van der Waals surface area contributed by atoms with E-state index in [2.05, 4.69) is 20.3 Å². The number of phenols is 2. The number of ether oxygens (including phenoxy) is 2. The number of nitrogens with two attached hydrogens (primary N) is 1. The number of aliphatic hydroxyl groups is 6. The number of anilines is 2. The van der Waals surface area contributed by atoms with Crippen molar-refractivity contribution < 1.29 is 65.0 Å². The zero-order chi connectivity index (χ0) is 48.1. The second kappa shape index (κ2) is 18.7. The SMILES string of the molecule is N[C@@H]1CCC[C@]1(C[C@@H]1c2cc(O)c(O[C@]3(O)O[C@H](CO)[C@@H](O)[C@H](O)[C@H]3O)cc2N(C(=O)/C=C/c2ccc(O)c([C@H]3C[C@H](CO)[C@H](CNc4ccc[nH]4)c4nc[nH]c43)c2)[C@H]1C(=O)O)c1ccccc1. The maximum atomic E-state index is 14.7. The van der Waals surface area contributed by atoms with Gasteiger partial charge in [-0.2, -0.15) is 0 Å². The fourth-order valence-corrected chi connectivity index (χ4v) is 11.1. The third kappa shape index (κ3) is 8.27. The molecule has 0 bridgehead atoms. The molecule has 19 nitrogen and oxygen atoms in total. The molecule has 9 rings (SSSR count). The number of nitrogens with one attached hydrogen (secondary N) is 3. The number of H-pyrrole nitrogens is 2. The van der Waals surface area contributed by atoms with Gasteiger partial charge in [0.2, 0.25) is 0 Å². The van der Waals surface area contributed by atoms with Crippen LogP contribution < -0.4 is 20.7 Å².